The number of carbonyl (C=O) groups excluding carboxylic acids is 1. The van der Waals surface area contributed by atoms with Gasteiger partial charge in [0.2, 0.25) is 0 Å². The van der Waals surface area contributed by atoms with E-state index in [2.05, 4.69) is 31.4 Å². The Balaban J connectivity index is 1.71. The summed E-state index contributed by atoms with van der Waals surface area (Å²) in [6, 6.07) is 5.69. The number of aromatic amines is 1. The lowest BCUT2D eigenvalue weighted by molar-refractivity contribution is 0.0927. The number of hydrogen-bond donors (Lipinski definition) is 2. The molecular weight excluding hydrogens is 392 g/mol. The smallest absolute Gasteiger partial charge is 0.287 e. The second kappa shape index (κ2) is 6.90. The third kappa shape index (κ3) is 3.16. The van der Waals surface area contributed by atoms with E-state index < -0.39 is 0 Å². The molecule has 0 saturated heterocycles. The van der Waals surface area contributed by atoms with Crippen molar-refractivity contribution < 1.29 is 9.21 Å². The van der Waals surface area contributed by atoms with Crippen LogP contribution >= 0.6 is 28.1 Å². The fourth-order valence-corrected chi connectivity index (χ4v) is 3.29. The number of benzene rings is 1. The highest BCUT2D eigenvalue weighted by Crippen LogP contribution is 2.27. The van der Waals surface area contributed by atoms with Gasteiger partial charge in [-0.1, -0.05) is 15.9 Å². The van der Waals surface area contributed by atoms with E-state index in [4.69, 9.17) is 16.6 Å². The van der Waals surface area contributed by atoms with Crippen molar-refractivity contribution in [2.24, 2.45) is 0 Å². The molecule has 2 aromatic heterocycles. The van der Waals surface area contributed by atoms with E-state index in [0.717, 1.165) is 27.8 Å². The lowest BCUT2D eigenvalue weighted by Crippen LogP contribution is -2.26. The Morgan fingerprint density at radius 3 is 3.04 bits per heavy atom. The number of nitrogens with zero attached hydrogens (tertiary/aromatic N) is 2. The topological polar surface area (TPSA) is 75.8 Å². The van der Waals surface area contributed by atoms with Crippen molar-refractivity contribution >= 4 is 45.0 Å². The van der Waals surface area contributed by atoms with Crippen LogP contribution in [0.2, 0.25) is 0 Å². The molecule has 6 nitrogen and oxygen atoms in total. The molecule has 0 aliphatic heterocycles. The van der Waals surface area contributed by atoms with Gasteiger partial charge in [-0.3, -0.25) is 9.89 Å². The van der Waals surface area contributed by atoms with Gasteiger partial charge in [0.15, 0.2) is 10.5 Å². The Kier molecular flexibility index (Phi) is 4.86. The van der Waals surface area contributed by atoms with Crippen molar-refractivity contribution in [3.8, 4) is 0 Å². The molecule has 1 aromatic carbocycles. The maximum Gasteiger partial charge on any atom is 0.287 e. The van der Waals surface area contributed by atoms with E-state index in [0.29, 0.717) is 29.1 Å². The third-order valence-corrected chi connectivity index (χ3v) is 4.70. The summed E-state index contributed by atoms with van der Waals surface area (Å²) >= 11 is 8.59. The van der Waals surface area contributed by atoms with E-state index in [-0.39, 0.29) is 5.91 Å². The Labute approximate surface area is 152 Å². The Morgan fingerprint density at radius 2 is 2.29 bits per heavy atom. The number of fused-ring (bicyclic) bond motifs is 1. The summed E-state index contributed by atoms with van der Waals surface area (Å²) in [5.41, 5.74) is 1.53. The van der Waals surface area contributed by atoms with Crippen molar-refractivity contribution in [1.29, 1.82) is 0 Å². The Morgan fingerprint density at radius 1 is 1.50 bits per heavy atom. The zero-order valence-corrected chi connectivity index (χ0v) is 15.8. The van der Waals surface area contributed by atoms with Crippen LogP contribution in [0.1, 0.15) is 28.9 Å². The summed E-state index contributed by atoms with van der Waals surface area (Å²) in [6.45, 7) is 5.09. The number of amides is 1. The number of hydrogen-bond acceptors (Lipinski definition) is 4. The molecule has 0 aliphatic rings. The van der Waals surface area contributed by atoms with Gasteiger partial charge < -0.3 is 14.3 Å². The van der Waals surface area contributed by atoms with Crippen LogP contribution in [-0.2, 0) is 13.0 Å². The second-order valence-electron chi connectivity index (χ2n) is 5.39. The fraction of sp³-hybridized carbons (Fsp3) is 0.312. The molecule has 8 heteroatoms. The third-order valence-electron chi connectivity index (χ3n) is 3.89. The minimum atomic E-state index is -0.225. The first kappa shape index (κ1) is 16.9. The fourth-order valence-electron chi connectivity index (χ4n) is 2.65. The van der Waals surface area contributed by atoms with E-state index in [1.54, 1.807) is 0 Å². The monoisotopic (exact) mass is 408 g/mol. The number of halogens is 1. The first-order valence-corrected chi connectivity index (χ1v) is 8.82. The zero-order chi connectivity index (χ0) is 17.3. The average Bonchev–Trinajstić information content (AvgIpc) is 3.08. The van der Waals surface area contributed by atoms with E-state index in [9.17, 15) is 4.79 Å². The minimum Gasteiger partial charge on any atom is -0.451 e. The normalized spacial score (nSPS) is 11.1. The highest BCUT2D eigenvalue weighted by molar-refractivity contribution is 9.10. The largest absolute Gasteiger partial charge is 0.451 e. The maximum absolute atomic E-state index is 12.4. The van der Waals surface area contributed by atoms with Crippen molar-refractivity contribution in [2.45, 2.75) is 26.8 Å². The summed E-state index contributed by atoms with van der Waals surface area (Å²) in [4.78, 5) is 12.4. The first-order chi connectivity index (χ1) is 11.5. The van der Waals surface area contributed by atoms with Crippen LogP contribution in [0.15, 0.2) is 27.1 Å². The van der Waals surface area contributed by atoms with Gasteiger partial charge in [-0.25, -0.2) is 0 Å². The van der Waals surface area contributed by atoms with Gasteiger partial charge in [0, 0.05) is 34.9 Å². The number of aromatic nitrogens is 3. The molecule has 0 aliphatic carbocycles. The highest BCUT2D eigenvalue weighted by Gasteiger charge is 2.17. The van der Waals surface area contributed by atoms with Gasteiger partial charge in [-0.05, 0) is 44.3 Å². The van der Waals surface area contributed by atoms with Crippen molar-refractivity contribution in [1.82, 2.24) is 20.1 Å². The number of furan rings is 1. The second-order valence-corrected chi connectivity index (χ2v) is 6.69. The summed E-state index contributed by atoms with van der Waals surface area (Å²) in [6.07, 6.45) is 0.595. The van der Waals surface area contributed by atoms with Crippen LogP contribution in [0, 0.1) is 11.7 Å². The summed E-state index contributed by atoms with van der Waals surface area (Å²) in [5.74, 6) is 0.947. The zero-order valence-electron chi connectivity index (χ0n) is 13.4. The van der Waals surface area contributed by atoms with Gasteiger partial charge in [0.1, 0.15) is 11.4 Å². The summed E-state index contributed by atoms with van der Waals surface area (Å²) in [7, 11) is 0. The molecule has 2 heterocycles. The predicted octanol–water partition coefficient (Wildman–Crippen LogP) is 3.75. The number of rotatable bonds is 5. The SMILES string of the molecule is CCn1c(CCNC(=O)c2oc3ccc(Br)cc3c2C)n[nH]c1=S. The van der Waals surface area contributed by atoms with Crippen molar-refractivity contribution in [2.75, 3.05) is 6.54 Å². The lowest BCUT2D eigenvalue weighted by atomic mass is 10.1. The molecule has 2 N–H and O–H groups in total. The molecule has 3 rings (SSSR count). The molecule has 1 amide bonds. The van der Waals surface area contributed by atoms with Crippen molar-refractivity contribution in [3.05, 3.63) is 44.6 Å². The molecule has 0 spiro atoms. The number of H-pyrrole nitrogens is 1. The summed E-state index contributed by atoms with van der Waals surface area (Å²) in [5, 5.41) is 10.8. The van der Waals surface area contributed by atoms with Crippen LogP contribution in [-0.4, -0.2) is 27.2 Å². The van der Waals surface area contributed by atoms with Crippen LogP contribution in [0.25, 0.3) is 11.0 Å². The molecule has 0 radical (unpaired) electrons. The predicted molar refractivity (Wildman–Crippen MR) is 97.8 cm³/mol. The maximum atomic E-state index is 12.4. The van der Waals surface area contributed by atoms with Crippen LogP contribution in [0.5, 0.6) is 0 Å². The average molecular weight is 409 g/mol. The molecular formula is C16H17BrN4O2S. The highest BCUT2D eigenvalue weighted by atomic mass is 79.9. The molecule has 0 bridgehead atoms. The lowest BCUT2D eigenvalue weighted by Gasteiger charge is -2.05. The van der Waals surface area contributed by atoms with E-state index in [1.807, 2.05) is 36.6 Å². The van der Waals surface area contributed by atoms with Gasteiger partial charge >= 0.3 is 0 Å². The molecule has 0 saturated carbocycles. The molecule has 0 unspecified atom stereocenters. The number of aryl methyl sites for hydroxylation is 1. The number of carbonyl (C=O) groups is 1. The van der Waals surface area contributed by atoms with Gasteiger partial charge in [0.05, 0.1) is 0 Å². The van der Waals surface area contributed by atoms with Crippen LogP contribution in [0.4, 0.5) is 0 Å². The van der Waals surface area contributed by atoms with E-state index >= 15 is 0 Å². The Hall–Kier alpha value is -1.93. The molecule has 126 valence electrons. The first-order valence-electron chi connectivity index (χ1n) is 7.62. The van der Waals surface area contributed by atoms with Crippen molar-refractivity contribution in [3.63, 3.8) is 0 Å². The Bertz CT molecular complexity index is 957. The van der Waals surface area contributed by atoms with Crippen LogP contribution < -0.4 is 5.32 Å². The molecule has 0 fully saturated rings. The van der Waals surface area contributed by atoms with Gasteiger partial charge in [-0.15, -0.1) is 0 Å². The standard InChI is InChI=1S/C16H17BrN4O2S/c1-3-21-13(19-20-16(21)24)6-7-18-15(22)14-9(2)11-8-10(17)4-5-12(11)23-14/h4-5,8H,3,6-7H2,1-2H3,(H,18,22)(H,20,24). The summed E-state index contributed by atoms with van der Waals surface area (Å²) < 4.78 is 9.15. The van der Waals surface area contributed by atoms with E-state index in [1.165, 1.54) is 0 Å². The van der Waals surface area contributed by atoms with Gasteiger partial charge in [-0.2, -0.15) is 5.10 Å². The number of nitrogens with one attached hydrogen (secondary N) is 2. The van der Waals surface area contributed by atoms with Crippen LogP contribution in [0.3, 0.4) is 0 Å². The minimum absolute atomic E-state index is 0.225. The van der Waals surface area contributed by atoms with Gasteiger partial charge in [0.25, 0.3) is 5.91 Å². The molecule has 24 heavy (non-hydrogen) atoms. The quantitative estimate of drug-likeness (QED) is 0.630. The molecule has 0 atom stereocenters. The molecule has 3 aromatic rings.